The first kappa shape index (κ1) is 31.5. The van der Waals surface area contributed by atoms with Crippen LogP contribution in [0, 0.1) is 5.92 Å². The average Bonchev–Trinajstić information content (AvgIpc) is 2.98. The fraction of sp³-hybridized carbons (Fsp3) is 1.00. The van der Waals surface area contributed by atoms with Crippen LogP contribution in [0.1, 0.15) is 26.2 Å². The van der Waals surface area contributed by atoms with Gasteiger partial charge in [-0.05, 0) is 6.42 Å². The molecule has 0 N–H and O–H groups in total. The van der Waals surface area contributed by atoms with E-state index in [1.54, 1.807) is 21.3 Å². The third-order valence-corrected chi connectivity index (χ3v) is 10.5. The van der Waals surface area contributed by atoms with Gasteiger partial charge >= 0.3 is 19.8 Å². The highest BCUT2D eigenvalue weighted by molar-refractivity contribution is 8.13. The van der Waals surface area contributed by atoms with Crippen LogP contribution in [-0.2, 0) is 33.3 Å². The fourth-order valence-corrected chi connectivity index (χ4v) is 7.03. The molecule has 0 bridgehead atoms. The van der Waals surface area contributed by atoms with Gasteiger partial charge in [0.2, 0.25) is 0 Å². The molecule has 32 heavy (non-hydrogen) atoms. The molecule has 2 atom stereocenters. The normalized spacial score (nSPS) is 23.0. The molecule has 0 aromatic rings. The molecule has 1 heterocycles. The van der Waals surface area contributed by atoms with Gasteiger partial charge in [0.15, 0.2) is 20.0 Å². The van der Waals surface area contributed by atoms with Gasteiger partial charge in [0.25, 0.3) is 0 Å². The summed E-state index contributed by atoms with van der Waals surface area (Å²) < 4.78 is 127. The zero-order valence-electron chi connectivity index (χ0n) is 18.2. The summed E-state index contributed by atoms with van der Waals surface area (Å²) in [6.07, 6.45) is 4.84. The molecule has 2 unspecified atom stereocenters. The molecule has 0 saturated carbocycles. The van der Waals surface area contributed by atoms with Crippen molar-refractivity contribution in [2.45, 2.75) is 37.2 Å². The molecule has 1 rings (SSSR count). The van der Waals surface area contributed by atoms with Crippen LogP contribution in [-0.4, -0.2) is 88.8 Å². The van der Waals surface area contributed by atoms with Crippen LogP contribution >= 0.6 is 0 Å². The maximum Gasteiger partial charge on any atom is 0.558 e. The SMILES string of the molecule is CCCC1CC[N+](C)(C[Si](OC)(OC)OC)C1.O=S(=O)([N-]S(=O)(=O)C(F)(F)F)C(F)(F)F. The third-order valence-electron chi connectivity index (χ3n) is 4.76. The summed E-state index contributed by atoms with van der Waals surface area (Å²) in [5, 5.41) is 0. The topological polar surface area (TPSA) is 110 Å². The molecule has 0 aromatic heterocycles. The van der Waals surface area contributed by atoms with Gasteiger partial charge in [0, 0.05) is 33.7 Å². The molecule has 194 valence electrons. The molecule has 1 aliphatic heterocycles. The highest BCUT2D eigenvalue weighted by Crippen LogP contribution is 2.36. The summed E-state index contributed by atoms with van der Waals surface area (Å²) in [7, 11) is -8.48. The summed E-state index contributed by atoms with van der Waals surface area (Å²) in [6.45, 7) is 4.72. The van der Waals surface area contributed by atoms with Crippen LogP contribution in [0.15, 0.2) is 0 Å². The zero-order chi connectivity index (χ0) is 25.6. The minimum absolute atomic E-state index is 0.778. The van der Waals surface area contributed by atoms with E-state index in [9.17, 15) is 43.2 Å². The number of hydrogen-bond donors (Lipinski definition) is 0. The number of alkyl halides is 6. The van der Waals surface area contributed by atoms with E-state index in [0.717, 1.165) is 20.7 Å². The lowest BCUT2D eigenvalue weighted by molar-refractivity contribution is -0.891. The van der Waals surface area contributed by atoms with Crippen molar-refractivity contribution in [3.8, 4) is 0 Å². The predicted octanol–water partition coefficient (Wildman–Crippen LogP) is 2.73. The fourth-order valence-electron chi connectivity index (χ4n) is 3.21. The summed E-state index contributed by atoms with van der Waals surface area (Å²) in [6, 6.07) is 0. The van der Waals surface area contributed by atoms with Crippen LogP contribution in [0.5, 0.6) is 0 Å². The standard InChI is InChI=1S/C12H28NO3Si.C2F6NO4S2/c1-6-7-12-8-9-13(2,10-12)11-17(14-3,15-4)16-5;3-1(4,5)14(10,11)9-15(12,13)2(6,7)8/h12H,6-11H2,1-5H3;/q+1;-1. The summed E-state index contributed by atoms with van der Waals surface area (Å²) in [4.78, 5) is 0. The van der Waals surface area contributed by atoms with Crippen LogP contribution in [0.4, 0.5) is 26.3 Å². The lowest BCUT2D eigenvalue weighted by Gasteiger charge is -2.35. The number of nitrogens with zero attached hydrogens (tertiary/aromatic N) is 2. The highest BCUT2D eigenvalue weighted by atomic mass is 32.3. The molecular weight excluding hydrogens is 514 g/mol. The van der Waals surface area contributed by atoms with Crippen molar-refractivity contribution < 1.29 is 60.9 Å². The Hall–Kier alpha value is -0.503. The lowest BCUT2D eigenvalue weighted by Crippen LogP contribution is -2.59. The molecule has 0 amide bonds. The molecular formula is C14H28F6N2O7S2Si. The van der Waals surface area contributed by atoms with Crippen LogP contribution in [0.2, 0.25) is 0 Å². The van der Waals surface area contributed by atoms with Gasteiger partial charge in [-0.3, -0.25) is 0 Å². The first-order chi connectivity index (χ1) is 14.2. The second-order valence-electron chi connectivity index (χ2n) is 7.34. The first-order valence-corrected chi connectivity index (χ1v) is 13.9. The number of sulfonamides is 2. The third kappa shape index (κ3) is 8.69. The Morgan fingerprint density at radius 1 is 0.938 bits per heavy atom. The summed E-state index contributed by atoms with van der Waals surface area (Å²) >= 11 is 0. The van der Waals surface area contributed by atoms with Crippen molar-refractivity contribution in [3.63, 3.8) is 0 Å². The van der Waals surface area contributed by atoms with E-state index in [-0.39, 0.29) is 0 Å². The molecule has 0 radical (unpaired) electrons. The van der Waals surface area contributed by atoms with E-state index < -0.39 is 39.9 Å². The molecule has 9 nitrogen and oxygen atoms in total. The Morgan fingerprint density at radius 2 is 1.34 bits per heavy atom. The quantitative estimate of drug-likeness (QED) is 0.250. The van der Waals surface area contributed by atoms with Gasteiger partial charge in [0.05, 0.1) is 20.1 Å². The van der Waals surface area contributed by atoms with E-state index in [1.165, 1.54) is 32.4 Å². The van der Waals surface area contributed by atoms with Crippen molar-refractivity contribution in [2.75, 3.05) is 47.6 Å². The Labute approximate surface area is 185 Å². The lowest BCUT2D eigenvalue weighted by atomic mass is 10.0. The maximum atomic E-state index is 11.4. The van der Waals surface area contributed by atoms with Crippen molar-refractivity contribution in [1.82, 2.24) is 0 Å². The van der Waals surface area contributed by atoms with E-state index in [1.807, 2.05) is 0 Å². The molecule has 0 spiro atoms. The Bertz CT molecular complexity index is 753. The van der Waals surface area contributed by atoms with Gasteiger partial charge in [0.1, 0.15) is 6.17 Å². The van der Waals surface area contributed by atoms with Crippen molar-refractivity contribution in [2.24, 2.45) is 5.92 Å². The van der Waals surface area contributed by atoms with Crippen LogP contribution in [0.3, 0.4) is 0 Å². The number of halogens is 6. The number of quaternary nitrogens is 1. The molecule has 18 heteroatoms. The second-order valence-corrected chi connectivity index (χ2v) is 13.7. The van der Waals surface area contributed by atoms with Crippen LogP contribution < -0.4 is 0 Å². The summed E-state index contributed by atoms with van der Waals surface area (Å²) in [5.74, 6) is 0.863. The molecule has 1 aliphatic rings. The molecule has 0 aromatic carbocycles. The monoisotopic (exact) mass is 542 g/mol. The minimum atomic E-state index is -6.72. The van der Waals surface area contributed by atoms with Gasteiger partial charge in [-0.1, -0.05) is 13.3 Å². The number of rotatable bonds is 9. The Kier molecular flexibility index (Phi) is 11.1. The first-order valence-electron chi connectivity index (χ1n) is 9.09. The zero-order valence-corrected chi connectivity index (χ0v) is 20.8. The highest BCUT2D eigenvalue weighted by Gasteiger charge is 2.49. The van der Waals surface area contributed by atoms with E-state index in [4.69, 9.17) is 13.3 Å². The van der Waals surface area contributed by atoms with E-state index in [2.05, 4.69) is 14.0 Å². The minimum Gasteiger partial charge on any atom is -0.421 e. The Morgan fingerprint density at radius 3 is 1.66 bits per heavy atom. The average molecular weight is 543 g/mol. The summed E-state index contributed by atoms with van der Waals surface area (Å²) in [5.41, 5.74) is -12.4. The van der Waals surface area contributed by atoms with Crippen molar-refractivity contribution in [3.05, 3.63) is 4.13 Å². The van der Waals surface area contributed by atoms with Gasteiger partial charge in [-0.2, -0.15) is 26.3 Å². The predicted molar refractivity (Wildman–Crippen MR) is 104 cm³/mol. The maximum absolute atomic E-state index is 11.4. The number of hydrogen-bond acceptors (Lipinski definition) is 7. The number of likely N-dealkylation sites (tertiary alicyclic amines) is 1. The largest absolute Gasteiger partial charge is 0.558 e. The van der Waals surface area contributed by atoms with Crippen molar-refractivity contribution in [1.29, 1.82) is 0 Å². The van der Waals surface area contributed by atoms with Gasteiger partial charge in [-0.25, -0.2) is 16.8 Å². The molecule has 1 fully saturated rings. The molecule has 1 saturated heterocycles. The van der Waals surface area contributed by atoms with Gasteiger partial charge in [-0.15, -0.1) is 0 Å². The second kappa shape index (κ2) is 11.3. The van der Waals surface area contributed by atoms with Gasteiger partial charge < -0.3 is 21.9 Å². The Balaban J connectivity index is 0.000000607. The van der Waals surface area contributed by atoms with Crippen LogP contribution in [0.25, 0.3) is 4.13 Å². The van der Waals surface area contributed by atoms with E-state index in [0.29, 0.717) is 0 Å². The van der Waals surface area contributed by atoms with Crippen molar-refractivity contribution >= 4 is 28.9 Å². The smallest absolute Gasteiger partial charge is 0.421 e. The van der Waals surface area contributed by atoms with E-state index >= 15 is 0 Å². The molecule has 0 aliphatic carbocycles.